The normalized spacial score (nSPS) is 11.2. The monoisotopic (exact) mass is 533 g/mol. The SMILES string of the molecule is O=c1[nH]c(=O)n(-c2ccccc2F)c(O)c1C(c1ccncc1)c1c(O)n(-c2ccccc2F)c(=O)[nH]c1=O. The Morgan fingerprint density at radius 1 is 0.667 bits per heavy atom. The van der Waals surface area contributed by atoms with Gasteiger partial charge < -0.3 is 10.2 Å². The largest absolute Gasteiger partial charge is 0.494 e. The van der Waals surface area contributed by atoms with E-state index in [-0.39, 0.29) is 5.56 Å². The first-order chi connectivity index (χ1) is 18.7. The van der Waals surface area contributed by atoms with Crippen LogP contribution in [-0.4, -0.2) is 34.3 Å². The molecule has 13 heteroatoms. The zero-order valence-electron chi connectivity index (χ0n) is 19.6. The van der Waals surface area contributed by atoms with Crippen LogP contribution in [0.1, 0.15) is 22.6 Å². The second-order valence-corrected chi connectivity index (χ2v) is 8.28. The van der Waals surface area contributed by atoms with Crippen LogP contribution >= 0.6 is 0 Å². The molecule has 3 aromatic heterocycles. The van der Waals surface area contributed by atoms with E-state index in [4.69, 9.17) is 0 Å². The van der Waals surface area contributed by atoms with Crippen LogP contribution in [0, 0.1) is 11.6 Å². The first-order valence-corrected chi connectivity index (χ1v) is 11.3. The third-order valence-electron chi connectivity index (χ3n) is 6.05. The van der Waals surface area contributed by atoms with Crippen LogP contribution in [0.5, 0.6) is 11.8 Å². The third kappa shape index (κ3) is 4.21. The Balaban J connectivity index is 1.91. The van der Waals surface area contributed by atoms with Gasteiger partial charge in [-0.2, -0.15) is 0 Å². The summed E-state index contributed by atoms with van der Waals surface area (Å²) in [6, 6.07) is 12.5. The van der Waals surface area contributed by atoms with Crippen LogP contribution in [0.2, 0.25) is 0 Å². The van der Waals surface area contributed by atoms with Crippen LogP contribution in [-0.2, 0) is 0 Å². The maximum atomic E-state index is 14.6. The number of H-pyrrole nitrogens is 2. The van der Waals surface area contributed by atoms with Gasteiger partial charge in [0.05, 0.1) is 28.4 Å². The van der Waals surface area contributed by atoms with Gasteiger partial charge in [-0.3, -0.25) is 24.5 Å². The van der Waals surface area contributed by atoms with Crippen LogP contribution in [0.3, 0.4) is 0 Å². The minimum atomic E-state index is -1.65. The molecule has 0 spiro atoms. The molecule has 5 aromatic rings. The Hall–Kier alpha value is -5.59. The average Bonchev–Trinajstić information content (AvgIpc) is 2.90. The number of aromatic hydroxyl groups is 2. The standard InChI is InChI=1S/C26H17F2N5O6/c27-14-5-1-3-7-16(14)32-23(36)19(21(34)30-25(32)38)18(13-9-11-29-12-10-13)20-22(35)31-26(39)33(24(20)37)17-8-4-2-6-15(17)28/h1-12,18,36-37H,(H,30,34,38)(H,31,35,39). The maximum absolute atomic E-state index is 14.6. The van der Waals surface area contributed by atoms with Crippen molar-refractivity contribution in [3.05, 3.63) is 143 Å². The average molecular weight is 533 g/mol. The number of halogens is 2. The molecule has 0 aliphatic rings. The molecule has 0 saturated heterocycles. The summed E-state index contributed by atoms with van der Waals surface area (Å²) in [5, 5.41) is 22.5. The lowest BCUT2D eigenvalue weighted by Crippen LogP contribution is -2.37. The fourth-order valence-corrected chi connectivity index (χ4v) is 4.34. The van der Waals surface area contributed by atoms with Crippen molar-refractivity contribution in [1.29, 1.82) is 0 Å². The lowest BCUT2D eigenvalue weighted by atomic mass is 9.87. The van der Waals surface area contributed by atoms with Crippen molar-refractivity contribution in [3.63, 3.8) is 0 Å². The van der Waals surface area contributed by atoms with Crippen LogP contribution < -0.4 is 22.5 Å². The Morgan fingerprint density at radius 2 is 1.08 bits per heavy atom. The van der Waals surface area contributed by atoms with Crippen molar-refractivity contribution in [2.24, 2.45) is 0 Å². The fraction of sp³-hybridized carbons (Fsp3) is 0.0385. The summed E-state index contributed by atoms with van der Waals surface area (Å²) < 4.78 is 30.2. The van der Waals surface area contributed by atoms with Gasteiger partial charge in [0, 0.05) is 12.4 Å². The van der Waals surface area contributed by atoms with Gasteiger partial charge in [-0.25, -0.2) is 27.5 Å². The lowest BCUT2D eigenvalue weighted by molar-refractivity contribution is 0.408. The second-order valence-electron chi connectivity index (χ2n) is 8.28. The number of benzene rings is 2. The molecule has 0 atom stereocenters. The molecule has 39 heavy (non-hydrogen) atoms. The highest BCUT2D eigenvalue weighted by Crippen LogP contribution is 2.37. The van der Waals surface area contributed by atoms with E-state index in [9.17, 15) is 38.2 Å². The number of aromatic amines is 2. The van der Waals surface area contributed by atoms with E-state index >= 15 is 0 Å². The van der Waals surface area contributed by atoms with Gasteiger partial charge in [-0.05, 0) is 42.0 Å². The summed E-state index contributed by atoms with van der Waals surface area (Å²) in [6.07, 6.45) is 2.58. The summed E-state index contributed by atoms with van der Waals surface area (Å²) in [5.41, 5.74) is -6.75. The number of rotatable bonds is 5. The number of hydrogen-bond donors (Lipinski definition) is 4. The van der Waals surface area contributed by atoms with Crippen molar-refractivity contribution < 1.29 is 19.0 Å². The molecule has 0 radical (unpaired) electrons. The molecule has 196 valence electrons. The van der Waals surface area contributed by atoms with Crippen LogP contribution in [0.25, 0.3) is 11.4 Å². The number of pyridine rings is 1. The van der Waals surface area contributed by atoms with Crippen molar-refractivity contribution >= 4 is 0 Å². The Labute approximate surface area is 215 Å². The lowest BCUT2D eigenvalue weighted by Gasteiger charge is -2.22. The summed E-state index contributed by atoms with van der Waals surface area (Å²) in [5.74, 6) is -5.57. The highest BCUT2D eigenvalue weighted by atomic mass is 19.1. The maximum Gasteiger partial charge on any atom is 0.335 e. The topological polar surface area (TPSA) is 163 Å². The van der Waals surface area contributed by atoms with Gasteiger partial charge in [0.15, 0.2) is 0 Å². The van der Waals surface area contributed by atoms with Crippen molar-refractivity contribution in [2.45, 2.75) is 5.92 Å². The van der Waals surface area contributed by atoms with Gasteiger partial charge in [-0.15, -0.1) is 0 Å². The highest BCUT2D eigenvalue weighted by molar-refractivity contribution is 5.51. The Kier molecular flexibility index (Phi) is 6.24. The zero-order chi connectivity index (χ0) is 27.8. The molecule has 0 saturated carbocycles. The molecule has 0 fully saturated rings. The molecule has 0 aliphatic carbocycles. The Bertz CT molecular complexity index is 1840. The number of hydrogen-bond acceptors (Lipinski definition) is 7. The van der Waals surface area contributed by atoms with Crippen LogP contribution in [0.15, 0.2) is 92.2 Å². The zero-order valence-corrected chi connectivity index (χ0v) is 19.6. The summed E-state index contributed by atoms with van der Waals surface area (Å²) in [4.78, 5) is 59.5. The highest BCUT2D eigenvalue weighted by Gasteiger charge is 2.33. The number of nitrogens with one attached hydrogen (secondary N) is 2. The van der Waals surface area contributed by atoms with Gasteiger partial charge in [0.2, 0.25) is 11.8 Å². The first kappa shape index (κ1) is 25.1. The predicted molar refractivity (Wildman–Crippen MR) is 134 cm³/mol. The molecular formula is C26H17F2N5O6. The van der Waals surface area contributed by atoms with Gasteiger partial charge in [0.1, 0.15) is 11.6 Å². The smallest absolute Gasteiger partial charge is 0.335 e. The molecule has 0 bridgehead atoms. The number of nitrogens with zero attached hydrogens (tertiary/aromatic N) is 3. The fourth-order valence-electron chi connectivity index (χ4n) is 4.34. The summed E-state index contributed by atoms with van der Waals surface area (Å²) in [7, 11) is 0. The van der Waals surface area contributed by atoms with E-state index in [1.54, 1.807) is 0 Å². The summed E-state index contributed by atoms with van der Waals surface area (Å²) in [6.45, 7) is 0. The van der Waals surface area contributed by atoms with E-state index in [0.29, 0.717) is 9.13 Å². The number of para-hydroxylation sites is 2. The molecule has 0 aliphatic heterocycles. The molecule has 4 N–H and O–H groups in total. The molecule has 2 aromatic carbocycles. The van der Waals surface area contributed by atoms with E-state index in [0.717, 1.165) is 12.1 Å². The molecule has 3 heterocycles. The van der Waals surface area contributed by atoms with Crippen LogP contribution in [0.4, 0.5) is 8.78 Å². The molecular weight excluding hydrogens is 516 g/mol. The molecule has 0 amide bonds. The van der Waals surface area contributed by atoms with Gasteiger partial charge in [-0.1, -0.05) is 24.3 Å². The minimum absolute atomic E-state index is 0.101. The van der Waals surface area contributed by atoms with Gasteiger partial charge >= 0.3 is 11.4 Å². The minimum Gasteiger partial charge on any atom is -0.494 e. The predicted octanol–water partition coefficient (Wildman–Crippen LogP) is 1.63. The second kappa shape index (κ2) is 9.70. The molecule has 5 rings (SSSR count). The Morgan fingerprint density at radius 3 is 1.49 bits per heavy atom. The van der Waals surface area contributed by atoms with Crippen molar-refractivity contribution in [2.75, 3.05) is 0 Å². The summed E-state index contributed by atoms with van der Waals surface area (Å²) >= 11 is 0. The molecule has 11 nitrogen and oxygen atoms in total. The molecule has 0 unspecified atom stereocenters. The van der Waals surface area contributed by atoms with E-state index in [1.165, 1.54) is 60.9 Å². The quantitative estimate of drug-likeness (QED) is 0.267. The van der Waals surface area contributed by atoms with Crippen molar-refractivity contribution in [3.8, 4) is 23.1 Å². The third-order valence-corrected chi connectivity index (χ3v) is 6.05. The number of aromatic nitrogens is 5. The van der Waals surface area contributed by atoms with E-state index < -0.39 is 74.3 Å². The van der Waals surface area contributed by atoms with E-state index in [2.05, 4.69) is 4.98 Å². The first-order valence-electron chi connectivity index (χ1n) is 11.3. The van der Waals surface area contributed by atoms with Gasteiger partial charge in [0.25, 0.3) is 11.1 Å². The van der Waals surface area contributed by atoms with Crippen molar-refractivity contribution in [1.82, 2.24) is 24.1 Å². The van der Waals surface area contributed by atoms with E-state index in [1.807, 2.05) is 9.97 Å².